The van der Waals surface area contributed by atoms with Crippen molar-refractivity contribution in [2.75, 3.05) is 6.54 Å². The molecule has 3 N–H and O–H groups in total. The number of rotatable bonds is 5. The zero-order valence-corrected chi connectivity index (χ0v) is 16.7. The number of aryl methyl sites for hydroxylation is 1. The third-order valence-corrected chi connectivity index (χ3v) is 5.68. The molecule has 1 aromatic carbocycles. The van der Waals surface area contributed by atoms with Gasteiger partial charge >= 0.3 is 0 Å². The summed E-state index contributed by atoms with van der Waals surface area (Å²) >= 11 is 1.50. The van der Waals surface area contributed by atoms with Crippen molar-refractivity contribution in [3.05, 3.63) is 51.5 Å². The number of carbonyl (C=O) groups is 1. The van der Waals surface area contributed by atoms with E-state index in [2.05, 4.69) is 22.4 Å². The van der Waals surface area contributed by atoms with E-state index in [1.807, 2.05) is 25.1 Å². The van der Waals surface area contributed by atoms with Gasteiger partial charge in [-0.25, -0.2) is 4.98 Å². The minimum atomic E-state index is 0. The number of benzene rings is 1. The van der Waals surface area contributed by atoms with Crippen LogP contribution in [0.2, 0.25) is 0 Å². The molecular formula is C18H25Cl2N3OS. The van der Waals surface area contributed by atoms with Crippen molar-refractivity contribution in [3.8, 4) is 0 Å². The summed E-state index contributed by atoms with van der Waals surface area (Å²) in [5.41, 5.74) is 7.83. The van der Waals surface area contributed by atoms with Crippen LogP contribution in [0, 0.1) is 12.8 Å². The van der Waals surface area contributed by atoms with Crippen molar-refractivity contribution in [3.63, 3.8) is 0 Å². The maximum atomic E-state index is 12.6. The van der Waals surface area contributed by atoms with Crippen LogP contribution in [0.15, 0.2) is 30.3 Å². The molecule has 1 aliphatic rings. The molecule has 138 valence electrons. The van der Waals surface area contributed by atoms with E-state index in [0.29, 0.717) is 12.5 Å². The van der Waals surface area contributed by atoms with Crippen LogP contribution in [0.5, 0.6) is 0 Å². The molecule has 0 spiro atoms. The molecule has 25 heavy (non-hydrogen) atoms. The lowest BCUT2D eigenvalue weighted by atomic mass is 10.0. The van der Waals surface area contributed by atoms with E-state index in [1.165, 1.54) is 16.9 Å². The monoisotopic (exact) mass is 401 g/mol. The van der Waals surface area contributed by atoms with Gasteiger partial charge in [0.05, 0.1) is 10.7 Å². The van der Waals surface area contributed by atoms with Crippen LogP contribution in [0.1, 0.15) is 45.2 Å². The Labute approximate surface area is 165 Å². The van der Waals surface area contributed by atoms with E-state index < -0.39 is 0 Å². The highest BCUT2D eigenvalue weighted by Gasteiger charge is 2.28. The fourth-order valence-corrected chi connectivity index (χ4v) is 4.25. The fourth-order valence-electron chi connectivity index (χ4n) is 3.25. The maximum absolute atomic E-state index is 12.6. The van der Waals surface area contributed by atoms with E-state index in [0.717, 1.165) is 41.3 Å². The number of thiazole rings is 1. The minimum absolute atomic E-state index is 0. The highest BCUT2D eigenvalue weighted by molar-refractivity contribution is 7.13. The van der Waals surface area contributed by atoms with Crippen molar-refractivity contribution in [2.45, 2.75) is 38.6 Å². The van der Waals surface area contributed by atoms with Gasteiger partial charge < -0.3 is 11.1 Å². The molecule has 0 aliphatic heterocycles. The van der Waals surface area contributed by atoms with Crippen molar-refractivity contribution >= 4 is 42.1 Å². The minimum Gasteiger partial charge on any atom is -0.348 e. The van der Waals surface area contributed by atoms with Crippen molar-refractivity contribution in [2.24, 2.45) is 11.7 Å². The molecule has 2 atom stereocenters. The van der Waals surface area contributed by atoms with E-state index in [1.54, 1.807) is 0 Å². The molecule has 2 aromatic rings. The van der Waals surface area contributed by atoms with Gasteiger partial charge in [-0.3, -0.25) is 4.79 Å². The van der Waals surface area contributed by atoms with E-state index >= 15 is 0 Å². The normalized spacial score (nSPS) is 19.0. The van der Waals surface area contributed by atoms with Gasteiger partial charge in [0.1, 0.15) is 4.88 Å². The summed E-state index contributed by atoms with van der Waals surface area (Å²) < 4.78 is 0. The summed E-state index contributed by atoms with van der Waals surface area (Å²) in [5.74, 6) is 0.417. The van der Waals surface area contributed by atoms with Gasteiger partial charge in [-0.1, -0.05) is 36.8 Å². The van der Waals surface area contributed by atoms with Gasteiger partial charge in [-0.05, 0) is 37.8 Å². The molecule has 3 rings (SSSR count). The predicted octanol–water partition coefficient (Wildman–Crippen LogP) is 3.74. The largest absolute Gasteiger partial charge is 0.348 e. The van der Waals surface area contributed by atoms with Crippen LogP contribution in [0.4, 0.5) is 0 Å². The highest BCUT2D eigenvalue weighted by atomic mass is 35.5. The first kappa shape index (κ1) is 21.9. The van der Waals surface area contributed by atoms with Crippen molar-refractivity contribution in [1.82, 2.24) is 10.3 Å². The molecule has 1 saturated carbocycles. The lowest BCUT2D eigenvalue weighted by molar-refractivity contribution is 0.0932. The first-order chi connectivity index (χ1) is 11.2. The first-order valence-electron chi connectivity index (χ1n) is 8.18. The molecule has 1 aromatic heterocycles. The Morgan fingerprint density at radius 3 is 2.68 bits per heavy atom. The first-order valence-corrected chi connectivity index (χ1v) is 9.00. The Morgan fingerprint density at radius 1 is 1.28 bits per heavy atom. The average molecular weight is 402 g/mol. The summed E-state index contributed by atoms with van der Waals surface area (Å²) in [6.07, 6.45) is 4.06. The number of nitrogens with one attached hydrogen (secondary N) is 1. The van der Waals surface area contributed by atoms with Crippen LogP contribution in [0.3, 0.4) is 0 Å². The lowest BCUT2D eigenvalue weighted by Gasteiger charge is -2.19. The van der Waals surface area contributed by atoms with Gasteiger partial charge in [0.25, 0.3) is 5.91 Å². The number of carbonyl (C=O) groups excluding carboxylic acids is 1. The van der Waals surface area contributed by atoms with Gasteiger partial charge in [-0.15, -0.1) is 36.2 Å². The summed E-state index contributed by atoms with van der Waals surface area (Å²) in [5, 5.41) is 4.15. The maximum Gasteiger partial charge on any atom is 0.263 e. The van der Waals surface area contributed by atoms with Crippen molar-refractivity contribution < 1.29 is 4.79 Å². The van der Waals surface area contributed by atoms with Crippen LogP contribution < -0.4 is 11.1 Å². The van der Waals surface area contributed by atoms with Gasteiger partial charge in [0.15, 0.2) is 0 Å². The van der Waals surface area contributed by atoms with Crippen LogP contribution in [-0.4, -0.2) is 23.5 Å². The van der Waals surface area contributed by atoms with E-state index in [9.17, 15) is 4.79 Å². The number of aromatic nitrogens is 1. The third-order valence-electron chi connectivity index (χ3n) is 4.52. The summed E-state index contributed by atoms with van der Waals surface area (Å²) in [4.78, 5) is 17.9. The molecule has 1 heterocycles. The molecule has 2 unspecified atom stereocenters. The Morgan fingerprint density at radius 2 is 2.00 bits per heavy atom. The second-order valence-corrected chi connectivity index (χ2v) is 7.27. The molecule has 1 fully saturated rings. The van der Waals surface area contributed by atoms with Crippen LogP contribution in [0.25, 0.3) is 0 Å². The second kappa shape index (κ2) is 10.1. The molecule has 0 radical (unpaired) electrons. The number of hydrogen-bond acceptors (Lipinski definition) is 4. The quantitative estimate of drug-likeness (QED) is 0.801. The van der Waals surface area contributed by atoms with Gasteiger partial charge in [0.2, 0.25) is 0 Å². The van der Waals surface area contributed by atoms with Crippen LogP contribution >= 0.6 is 36.2 Å². The topological polar surface area (TPSA) is 68.0 Å². The molecule has 7 heteroatoms. The summed E-state index contributed by atoms with van der Waals surface area (Å²) in [7, 11) is 0. The van der Waals surface area contributed by atoms with Gasteiger partial charge in [-0.2, -0.15) is 0 Å². The molecule has 0 saturated heterocycles. The summed E-state index contributed by atoms with van der Waals surface area (Å²) in [6.45, 7) is 2.56. The third kappa shape index (κ3) is 5.42. The van der Waals surface area contributed by atoms with E-state index in [4.69, 9.17) is 5.73 Å². The summed E-state index contributed by atoms with van der Waals surface area (Å²) in [6, 6.07) is 10.4. The average Bonchev–Trinajstić information content (AvgIpc) is 3.14. The Hall–Kier alpha value is -1.14. The zero-order valence-electron chi connectivity index (χ0n) is 14.2. The van der Waals surface area contributed by atoms with Crippen LogP contribution in [-0.2, 0) is 6.42 Å². The molecular weight excluding hydrogens is 377 g/mol. The number of amides is 1. The van der Waals surface area contributed by atoms with E-state index in [-0.39, 0.29) is 36.8 Å². The molecule has 0 bridgehead atoms. The fraction of sp³-hybridized carbons (Fsp3) is 0.444. The standard InChI is InChI=1S/C18H23N3OS.2ClH/c1-12-17(18(22)21-15-9-5-8-14(15)11-19)23-16(20-12)10-13-6-3-2-4-7-13;;/h2-4,6-7,14-15H,5,8-11,19H2,1H3,(H,21,22);2*1H. The number of hydrogen-bond donors (Lipinski definition) is 2. The Bertz CT molecular complexity index is 678. The Balaban J connectivity index is 0.00000156. The van der Waals surface area contributed by atoms with Gasteiger partial charge in [0, 0.05) is 12.5 Å². The lowest BCUT2D eigenvalue weighted by Crippen LogP contribution is -2.39. The highest BCUT2D eigenvalue weighted by Crippen LogP contribution is 2.26. The smallest absolute Gasteiger partial charge is 0.263 e. The number of nitrogens with zero attached hydrogens (tertiary/aromatic N) is 1. The SMILES string of the molecule is Cc1nc(Cc2ccccc2)sc1C(=O)NC1CCCC1CN.Cl.Cl. The molecule has 1 amide bonds. The number of halogens is 2. The number of nitrogens with two attached hydrogens (primary N) is 1. The zero-order chi connectivity index (χ0) is 16.2. The molecule has 1 aliphatic carbocycles. The van der Waals surface area contributed by atoms with Crippen molar-refractivity contribution in [1.29, 1.82) is 0 Å². The second-order valence-electron chi connectivity index (χ2n) is 6.19. The predicted molar refractivity (Wildman–Crippen MR) is 108 cm³/mol. The Kier molecular flexibility index (Phi) is 8.86. The molecule has 4 nitrogen and oxygen atoms in total.